The Balaban J connectivity index is 2.05. The second-order valence-electron chi connectivity index (χ2n) is 7.45. The molecule has 2 unspecified atom stereocenters. The number of carbonyl (C=O) groups excluding carboxylic acids is 2. The highest BCUT2D eigenvalue weighted by atomic mass is 35.5. The normalized spacial score (nSPS) is 28.2. The SMILES string of the molecule is CC1COC2=C1C(=O)C(=O)c1c2ccc2c1C(Cl)CCC2(C)C. The Hall–Kier alpha value is -1.61. The summed E-state index contributed by atoms with van der Waals surface area (Å²) in [5.74, 6) is -0.282. The van der Waals surface area contributed by atoms with E-state index in [0.29, 0.717) is 23.5 Å². The van der Waals surface area contributed by atoms with Gasteiger partial charge >= 0.3 is 0 Å². The highest BCUT2D eigenvalue weighted by molar-refractivity contribution is 6.53. The molecule has 0 aromatic heterocycles. The highest BCUT2D eigenvalue weighted by Crippen LogP contribution is 2.49. The number of rotatable bonds is 0. The molecule has 0 saturated heterocycles. The lowest BCUT2D eigenvalue weighted by atomic mass is 9.69. The summed E-state index contributed by atoms with van der Waals surface area (Å²) in [7, 11) is 0. The molecule has 2 aliphatic carbocycles. The Bertz CT molecular complexity index is 788. The van der Waals surface area contributed by atoms with Gasteiger partial charge in [0.2, 0.25) is 11.6 Å². The minimum Gasteiger partial charge on any atom is -0.492 e. The summed E-state index contributed by atoms with van der Waals surface area (Å²) in [5.41, 5.74) is 3.64. The fourth-order valence-corrected chi connectivity index (χ4v) is 4.45. The molecule has 4 rings (SSSR count). The molecule has 0 amide bonds. The number of fused-ring (bicyclic) bond motifs is 4. The molecule has 0 N–H and O–H groups in total. The van der Waals surface area contributed by atoms with Crippen molar-refractivity contribution in [3.63, 3.8) is 0 Å². The fraction of sp³-hybridized carbons (Fsp3) is 0.474. The van der Waals surface area contributed by atoms with E-state index in [0.717, 1.165) is 29.5 Å². The van der Waals surface area contributed by atoms with Crippen LogP contribution in [-0.4, -0.2) is 18.2 Å². The monoisotopic (exact) mass is 330 g/mol. The first kappa shape index (κ1) is 14.9. The molecule has 1 heterocycles. The van der Waals surface area contributed by atoms with Crippen LogP contribution in [0.4, 0.5) is 0 Å². The molecule has 120 valence electrons. The number of hydrogen-bond donors (Lipinski definition) is 0. The molecule has 0 bridgehead atoms. The van der Waals surface area contributed by atoms with Crippen LogP contribution in [-0.2, 0) is 14.9 Å². The molecule has 0 radical (unpaired) electrons. The van der Waals surface area contributed by atoms with Gasteiger partial charge in [-0.1, -0.05) is 32.9 Å². The summed E-state index contributed by atoms with van der Waals surface area (Å²) in [4.78, 5) is 25.4. The zero-order valence-electron chi connectivity index (χ0n) is 13.5. The molecule has 3 aliphatic rings. The van der Waals surface area contributed by atoms with Gasteiger partial charge in [-0.3, -0.25) is 9.59 Å². The average Bonchev–Trinajstić information content (AvgIpc) is 2.90. The van der Waals surface area contributed by atoms with Crippen molar-refractivity contribution in [1.82, 2.24) is 0 Å². The predicted octanol–water partition coefficient (Wildman–Crippen LogP) is 4.18. The number of benzene rings is 1. The Morgan fingerprint density at radius 2 is 1.96 bits per heavy atom. The first-order chi connectivity index (χ1) is 10.8. The lowest BCUT2D eigenvalue weighted by molar-refractivity contribution is -0.112. The second-order valence-corrected chi connectivity index (χ2v) is 7.98. The average molecular weight is 331 g/mol. The van der Waals surface area contributed by atoms with Crippen LogP contribution in [0.5, 0.6) is 0 Å². The van der Waals surface area contributed by atoms with Crippen LogP contribution >= 0.6 is 11.6 Å². The molecule has 3 nitrogen and oxygen atoms in total. The van der Waals surface area contributed by atoms with Gasteiger partial charge in [0.05, 0.1) is 17.6 Å². The highest BCUT2D eigenvalue weighted by Gasteiger charge is 2.44. The summed E-state index contributed by atoms with van der Waals surface area (Å²) >= 11 is 6.58. The maximum absolute atomic E-state index is 12.8. The lowest BCUT2D eigenvalue weighted by Gasteiger charge is -2.37. The summed E-state index contributed by atoms with van der Waals surface area (Å²) in [6, 6.07) is 3.99. The molecule has 0 spiro atoms. The van der Waals surface area contributed by atoms with Crippen LogP contribution in [0.15, 0.2) is 17.7 Å². The quantitative estimate of drug-likeness (QED) is 0.529. The number of ether oxygens (including phenoxy) is 1. The van der Waals surface area contributed by atoms with Crippen LogP contribution in [0, 0.1) is 5.92 Å². The standard InChI is InChI=1S/C19H19ClO3/c1-9-8-23-18-10-4-5-11-15(12(20)6-7-19(11,2)3)14(10)17(22)16(21)13(9)18/h4-5,9,12H,6-8H2,1-3H3. The van der Waals surface area contributed by atoms with Gasteiger partial charge in [-0.25, -0.2) is 0 Å². The number of ketones is 2. The largest absolute Gasteiger partial charge is 0.492 e. The number of Topliss-reactive ketones (excluding diaryl/α,β-unsaturated/α-hetero) is 2. The molecule has 0 saturated carbocycles. The lowest BCUT2D eigenvalue weighted by Crippen LogP contribution is -2.31. The van der Waals surface area contributed by atoms with Gasteiger partial charge in [-0.15, -0.1) is 11.6 Å². The third-order valence-electron chi connectivity index (χ3n) is 5.45. The summed E-state index contributed by atoms with van der Waals surface area (Å²) in [5, 5.41) is -0.231. The van der Waals surface area contributed by atoms with E-state index in [2.05, 4.69) is 19.9 Å². The van der Waals surface area contributed by atoms with Crippen LogP contribution in [0.1, 0.15) is 66.0 Å². The molecule has 23 heavy (non-hydrogen) atoms. The van der Waals surface area contributed by atoms with Crippen molar-refractivity contribution in [2.75, 3.05) is 6.61 Å². The first-order valence-corrected chi connectivity index (χ1v) is 8.54. The van der Waals surface area contributed by atoms with Gasteiger partial charge in [0.25, 0.3) is 0 Å². The number of hydrogen-bond acceptors (Lipinski definition) is 3. The van der Waals surface area contributed by atoms with Crippen LogP contribution < -0.4 is 0 Å². The fourth-order valence-electron chi connectivity index (χ4n) is 4.11. The first-order valence-electron chi connectivity index (χ1n) is 8.10. The summed E-state index contributed by atoms with van der Waals surface area (Å²) < 4.78 is 5.76. The van der Waals surface area contributed by atoms with Crippen molar-refractivity contribution in [2.24, 2.45) is 5.92 Å². The van der Waals surface area contributed by atoms with E-state index in [4.69, 9.17) is 16.3 Å². The van der Waals surface area contributed by atoms with Gasteiger partial charge in [-0.05, 0) is 29.4 Å². The van der Waals surface area contributed by atoms with Gasteiger partial charge in [-0.2, -0.15) is 0 Å². The predicted molar refractivity (Wildman–Crippen MR) is 88.7 cm³/mol. The number of alkyl halides is 1. The topological polar surface area (TPSA) is 43.4 Å². The molecule has 2 atom stereocenters. The number of halogens is 1. The smallest absolute Gasteiger partial charge is 0.234 e. The van der Waals surface area contributed by atoms with E-state index >= 15 is 0 Å². The second kappa shape index (κ2) is 4.70. The molecule has 0 fully saturated rings. The van der Waals surface area contributed by atoms with E-state index in [1.54, 1.807) is 0 Å². The van der Waals surface area contributed by atoms with Gasteiger partial charge in [0.1, 0.15) is 5.76 Å². The molecule has 4 heteroatoms. The minimum atomic E-state index is -0.420. The van der Waals surface area contributed by atoms with Gasteiger partial charge in [0, 0.05) is 17.0 Å². The van der Waals surface area contributed by atoms with Crippen molar-refractivity contribution in [1.29, 1.82) is 0 Å². The molecular formula is C19H19ClO3. The maximum Gasteiger partial charge on any atom is 0.234 e. The van der Waals surface area contributed by atoms with Gasteiger partial charge < -0.3 is 4.74 Å². The van der Waals surface area contributed by atoms with Crippen molar-refractivity contribution >= 4 is 28.9 Å². The van der Waals surface area contributed by atoms with Crippen molar-refractivity contribution < 1.29 is 14.3 Å². The zero-order valence-corrected chi connectivity index (χ0v) is 14.3. The minimum absolute atomic E-state index is 0.0335. The van der Waals surface area contributed by atoms with Crippen LogP contribution in [0.3, 0.4) is 0 Å². The third-order valence-corrected chi connectivity index (χ3v) is 5.88. The molecule has 1 aromatic rings. The van der Waals surface area contributed by atoms with Crippen molar-refractivity contribution in [2.45, 2.75) is 44.4 Å². The Labute approximate surface area is 140 Å². The summed E-state index contributed by atoms with van der Waals surface area (Å²) in [6.45, 7) is 6.70. The zero-order chi connectivity index (χ0) is 16.5. The van der Waals surface area contributed by atoms with Crippen molar-refractivity contribution in [3.8, 4) is 0 Å². The van der Waals surface area contributed by atoms with E-state index in [9.17, 15) is 9.59 Å². The molecular weight excluding hydrogens is 312 g/mol. The van der Waals surface area contributed by atoms with Gasteiger partial charge in [0.15, 0.2) is 0 Å². The molecule has 1 aromatic carbocycles. The van der Waals surface area contributed by atoms with E-state index in [-0.39, 0.29) is 16.7 Å². The Morgan fingerprint density at radius 3 is 2.70 bits per heavy atom. The third kappa shape index (κ3) is 1.89. The van der Waals surface area contributed by atoms with Crippen LogP contribution in [0.2, 0.25) is 0 Å². The number of carbonyl (C=O) groups is 2. The van der Waals surface area contributed by atoms with E-state index in [1.807, 2.05) is 13.0 Å². The Kier molecular flexibility index (Phi) is 3.05. The van der Waals surface area contributed by atoms with E-state index < -0.39 is 11.6 Å². The maximum atomic E-state index is 12.8. The molecule has 1 aliphatic heterocycles. The van der Waals surface area contributed by atoms with E-state index in [1.165, 1.54) is 0 Å². The Morgan fingerprint density at radius 1 is 1.22 bits per heavy atom. The summed E-state index contributed by atoms with van der Waals surface area (Å²) in [6.07, 6.45) is 1.78. The van der Waals surface area contributed by atoms with Crippen LogP contribution in [0.25, 0.3) is 5.76 Å². The van der Waals surface area contributed by atoms with Crippen molar-refractivity contribution in [3.05, 3.63) is 40.0 Å².